The van der Waals surface area contributed by atoms with E-state index < -0.39 is 24.5 Å². The maximum Gasteiger partial charge on any atom is 0.259 e. The Kier molecular flexibility index (Phi) is 5.27. The summed E-state index contributed by atoms with van der Waals surface area (Å²) in [6, 6.07) is 12.7. The van der Waals surface area contributed by atoms with Gasteiger partial charge in [-0.2, -0.15) is 0 Å². The van der Waals surface area contributed by atoms with E-state index in [2.05, 4.69) is 15.6 Å². The second-order valence-corrected chi connectivity index (χ2v) is 8.23. The van der Waals surface area contributed by atoms with Gasteiger partial charge in [-0.1, -0.05) is 24.3 Å². The highest BCUT2D eigenvalue weighted by Crippen LogP contribution is 2.38. The summed E-state index contributed by atoms with van der Waals surface area (Å²) in [5.41, 5.74) is 3.62. The van der Waals surface area contributed by atoms with Gasteiger partial charge in [0.05, 0.1) is 35.9 Å². The third-order valence-corrected chi connectivity index (χ3v) is 5.88. The molecule has 0 radical (unpaired) electrons. The first-order chi connectivity index (χ1) is 16.4. The number of fused-ring (bicyclic) bond motifs is 2. The number of nitrogens with zero attached hydrogens (tertiary/aromatic N) is 1. The molecule has 0 fully saturated rings. The third kappa shape index (κ3) is 3.57. The molecule has 9 heteroatoms. The summed E-state index contributed by atoms with van der Waals surface area (Å²) >= 11 is 0. The van der Waals surface area contributed by atoms with Crippen molar-refractivity contribution >= 4 is 56.4 Å². The zero-order valence-electron chi connectivity index (χ0n) is 18.3. The standard InChI is InChI=1S/C25H22N4O5/c1-13(31)27-14-6-7-17-19(11-29(21(17)8-14)10-15(32)12-30)23-22(24(33)28-25(23)34)18-9-26-20-5-3-2-4-16(18)20/h2-9,11,15,26,30,32H,10,12H2,1H3,(H,27,31)(H,28,33,34). The Labute approximate surface area is 193 Å². The molecule has 0 saturated carbocycles. The van der Waals surface area contributed by atoms with Crippen LogP contribution in [0.1, 0.15) is 18.1 Å². The number of benzene rings is 2. The van der Waals surface area contributed by atoms with Crippen LogP contribution >= 0.6 is 0 Å². The Morgan fingerprint density at radius 3 is 2.53 bits per heavy atom. The molecule has 172 valence electrons. The molecule has 34 heavy (non-hydrogen) atoms. The molecule has 3 amide bonds. The number of H-pyrrole nitrogens is 1. The van der Waals surface area contributed by atoms with Gasteiger partial charge >= 0.3 is 0 Å². The van der Waals surface area contributed by atoms with E-state index in [9.17, 15) is 24.6 Å². The van der Waals surface area contributed by atoms with Gasteiger partial charge in [-0.25, -0.2) is 0 Å². The molecule has 9 nitrogen and oxygen atoms in total. The van der Waals surface area contributed by atoms with Crippen LogP contribution in [0.15, 0.2) is 54.9 Å². The number of hydrogen-bond donors (Lipinski definition) is 5. The molecule has 0 bridgehead atoms. The minimum absolute atomic E-state index is 0.0573. The number of aromatic nitrogens is 2. The van der Waals surface area contributed by atoms with E-state index in [1.165, 1.54) is 6.92 Å². The Morgan fingerprint density at radius 1 is 1.06 bits per heavy atom. The summed E-state index contributed by atoms with van der Waals surface area (Å²) in [6.07, 6.45) is 2.36. The average molecular weight is 458 g/mol. The number of anilines is 1. The average Bonchev–Trinajstić information content (AvgIpc) is 3.46. The van der Waals surface area contributed by atoms with Gasteiger partial charge in [0.2, 0.25) is 5.91 Å². The fourth-order valence-electron chi connectivity index (χ4n) is 4.46. The fraction of sp³-hybridized carbons (Fsp3) is 0.160. The van der Waals surface area contributed by atoms with Gasteiger partial charge in [-0.05, 0) is 18.2 Å². The topological polar surface area (TPSA) is 136 Å². The summed E-state index contributed by atoms with van der Waals surface area (Å²) in [5.74, 6) is -1.24. The van der Waals surface area contributed by atoms with Gasteiger partial charge in [-0.15, -0.1) is 0 Å². The van der Waals surface area contributed by atoms with Gasteiger partial charge in [0.1, 0.15) is 0 Å². The predicted octanol–water partition coefficient (Wildman–Crippen LogP) is 2.00. The van der Waals surface area contributed by atoms with E-state index in [0.29, 0.717) is 27.7 Å². The van der Waals surface area contributed by atoms with Crippen LogP contribution in [0.5, 0.6) is 0 Å². The highest BCUT2D eigenvalue weighted by Gasteiger charge is 2.35. The maximum absolute atomic E-state index is 13.0. The Bertz CT molecular complexity index is 1510. The molecule has 2 aromatic heterocycles. The third-order valence-electron chi connectivity index (χ3n) is 5.88. The fourth-order valence-corrected chi connectivity index (χ4v) is 4.46. The molecule has 0 saturated heterocycles. The Hall–Kier alpha value is -4.21. The zero-order valence-corrected chi connectivity index (χ0v) is 18.3. The maximum atomic E-state index is 13.0. The van der Waals surface area contributed by atoms with Crippen LogP contribution in [0.4, 0.5) is 5.69 Å². The normalized spacial score (nSPS) is 14.8. The quantitative estimate of drug-likeness (QED) is 0.282. The molecular formula is C25H22N4O5. The van der Waals surface area contributed by atoms with Crippen molar-refractivity contribution in [3.63, 3.8) is 0 Å². The molecule has 3 heterocycles. The lowest BCUT2D eigenvalue weighted by molar-refractivity contribution is -0.123. The zero-order chi connectivity index (χ0) is 24.0. The van der Waals surface area contributed by atoms with Crippen LogP contribution < -0.4 is 10.6 Å². The predicted molar refractivity (Wildman–Crippen MR) is 128 cm³/mol. The molecule has 4 aromatic rings. The molecule has 1 atom stereocenters. The van der Waals surface area contributed by atoms with Crippen molar-refractivity contribution in [3.05, 3.63) is 66.0 Å². The van der Waals surface area contributed by atoms with Gasteiger partial charge in [0.15, 0.2) is 0 Å². The molecule has 5 rings (SSSR count). The van der Waals surface area contributed by atoms with Crippen LogP contribution in [-0.4, -0.2) is 50.2 Å². The summed E-state index contributed by atoms with van der Waals surface area (Å²) < 4.78 is 1.70. The van der Waals surface area contributed by atoms with Crippen LogP contribution in [0, 0.1) is 0 Å². The van der Waals surface area contributed by atoms with E-state index in [4.69, 9.17) is 0 Å². The van der Waals surface area contributed by atoms with E-state index in [1.807, 2.05) is 24.3 Å². The monoisotopic (exact) mass is 458 g/mol. The summed E-state index contributed by atoms with van der Waals surface area (Å²) in [7, 11) is 0. The molecular weight excluding hydrogens is 436 g/mol. The first-order valence-electron chi connectivity index (χ1n) is 10.7. The van der Waals surface area contributed by atoms with E-state index >= 15 is 0 Å². The van der Waals surface area contributed by atoms with Crippen molar-refractivity contribution in [2.75, 3.05) is 11.9 Å². The Balaban J connectivity index is 1.76. The molecule has 1 aliphatic heterocycles. The van der Waals surface area contributed by atoms with Gasteiger partial charge in [-0.3, -0.25) is 19.7 Å². The van der Waals surface area contributed by atoms with E-state index in [0.717, 1.165) is 10.9 Å². The van der Waals surface area contributed by atoms with E-state index in [-0.39, 0.29) is 23.6 Å². The number of carbonyl (C=O) groups is 3. The van der Waals surface area contributed by atoms with Crippen molar-refractivity contribution in [2.45, 2.75) is 19.6 Å². The number of nitrogens with one attached hydrogen (secondary N) is 3. The van der Waals surface area contributed by atoms with Crippen LogP contribution in [-0.2, 0) is 20.9 Å². The minimum Gasteiger partial charge on any atom is -0.394 e. The minimum atomic E-state index is -1.03. The lowest BCUT2D eigenvalue weighted by atomic mass is 9.95. The van der Waals surface area contributed by atoms with Crippen LogP contribution in [0.3, 0.4) is 0 Å². The largest absolute Gasteiger partial charge is 0.394 e. The van der Waals surface area contributed by atoms with Crippen molar-refractivity contribution in [2.24, 2.45) is 0 Å². The van der Waals surface area contributed by atoms with Gasteiger partial charge in [0, 0.05) is 52.4 Å². The number of aliphatic hydroxyl groups is 2. The van der Waals surface area contributed by atoms with Gasteiger partial charge < -0.3 is 25.1 Å². The molecule has 0 spiro atoms. The Morgan fingerprint density at radius 2 is 1.79 bits per heavy atom. The van der Waals surface area contributed by atoms with Crippen molar-refractivity contribution < 1.29 is 24.6 Å². The van der Waals surface area contributed by atoms with Crippen LogP contribution in [0.2, 0.25) is 0 Å². The summed E-state index contributed by atoms with van der Waals surface area (Å²) in [4.78, 5) is 40.6. The highest BCUT2D eigenvalue weighted by atomic mass is 16.3. The summed E-state index contributed by atoms with van der Waals surface area (Å²) in [6.45, 7) is 1.02. The first-order valence-corrected chi connectivity index (χ1v) is 10.7. The van der Waals surface area contributed by atoms with Gasteiger partial charge in [0.25, 0.3) is 11.8 Å². The molecule has 2 aromatic carbocycles. The lowest BCUT2D eigenvalue weighted by Crippen LogP contribution is -2.22. The van der Waals surface area contributed by atoms with Crippen molar-refractivity contribution in [3.8, 4) is 0 Å². The number of aliphatic hydroxyl groups excluding tert-OH is 2. The highest BCUT2D eigenvalue weighted by molar-refractivity contribution is 6.50. The number of aromatic amines is 1. The summed E-state index contributed by atoms with van der Waals surface area (Å²) in [5, 5.41) is 26.1. The van der Waals surface area contributed by atoms with Crippen LogP contribution in [0.25, 0.3) is 33.0 Å². The van der Waals surface area contributed by atoms with E-state index in [1.54, 1.807) is 35.2 Å². The second kappa shape index (κ2) is 8.29. The molecule has 1 unspecified atom stereocenters. The number of imide groups is 1. The van der Waals surface area contributed by atoms with Crippen molar-refractivity contribution in [1.82, 2.24) is 14.9 Å². The number of amides is 3. The SMILES string of the molecule is CC(=O)Nc1ccc2c(C3=C(c4c[nH]c5ccccc45)C(=O)NC3=O)cn(CC(O)CO)c2c1. The smallest absolute Gasteiger partial charge is 0.259 e. The number of para-hydroxylation sites is 1. The molecule has 0 aliphatic carbocycles. The molecule has 5 N–H and O–H groups in total. The number of hydrogen-bond acceptors (Lipinski definition) is 5. The first kappa shape index (κ1) is 21.6. The second-order valence-electron chi connectivity index (χ2n) is 8.23. The lowest BCUT2D eigenvalue weighted by Gasteiger charge is -2.10. The number of rotatable bonds is 6. The molecule has 1 aliphatic rings. The van der Waals surface area contributed by atoms with Crippen molar-refractivity contribution in [1.29, 1.82) is 0 Å². The number of carbonyl (C=O) groups excluding carboxylic acids is 3.